The van der Waals surface area contributed by atoms with Crippen LogP contribution in [0.3, 0.4) is 0 Å². The van der Waals surface area contributed by atoms with Gasteiger partial charge in [0.25, 0.3) is 0 Å². The molecule has 0 spiro atoms. The quantitative estimate of drug-likeness (QED) is 0.565. The number of rotatable bonds is 1. The van der Waals surface area contributed by atoms with Crippen molar-refractivity contribution in [2.75, 3.05) is 0 Å². The van der Waals surface area contributed by atoms with Crippen molar-refractivity contribution in [1.29, 1.82) is 0 Å². The minimum atomic E-state index is 1.11. The van der Waals surface area contributed by atoms with Crippen molar-refractivity contribution in [2.24, 2.45) is 0 Å². The smallest absolute Gasteiger partial charge is 0.0305 e. The molecule has 0 aliphatic heterocycles. The summed E-state index contributed by atoms with van der Waals surface area (Å²) in [5.74, 6) is 0. The van der Waals surface area contributed by atoms with Gasteiger partial charge in [-0.25, -0.2) is 0 Å². The van der Waals surface area contributed by atoms with E-state index < -0.39 is 0 Å². The molecule has 0 fully saturated rings. The number of hydrogen-bond donors (Lipinski definition) is 0. The summed E-state index contributed by atoms with van der Waals surface area (Å²) in [6.07, 6.45) is 7.70. The van der Waals surface area contributed by atoms with Crippen LogP contribution in [0.1, 0.15) is 41.0 Å². The Labute approximate surface area is 87.7 Å². The Morgan fingerprint density at radius 1 is 0.929 bits per heavy atom. The summed E-state index contributed by atoms with van der Waals surface area (Å²) in [4.78, 5) is 0. The van der Waals surface area contributed by atoms with Crippen LogP contribution in [0.4, 0.5) is 0 Å². The Bertz CT molecular complexity index is 346. The molecule has 0 heterocycles. The highest BCUT2D eigenvalue weighted by atomic mass is 14.1. The van der Waals surface area contributed by atoms with Gasteiger partial charge in [-0.3, -0.25) is 0 Å². The van der Waals surface area contributed by atoms with Crippen LogP contribution in [0, 0.1) is 0 Å². The zero-order valence-corrected chi connectivity index (χ0v) is 9.94. The highest BCUT2D eigenvalue weighted by Crippen LogP contribution is 2.26. The highest BCUT2D eigenvalue weighted by Gasteiger charge is 2.06. The van der Waals surface area contributed by atoms with Crippen molar-refractivity contribution in [3.63, 3.8) is 0 Å². The third-order valence-corrected chi connectivity index (χ3v) is 3.22. The van der Waals surface area contributed by atoms with E-state index in [4.69, 9.17) is 0 Å². The van der Waals surface area contributed by atoms with Crippen LogP contribution in [0.25, 0.3) is 0 Å². The second kappa shape index (κ2) is 4.45. The van der Waals surface area contributed by atoms with Crippen LogP contribution < -0.4 is 0 Å². The van der Waals surface area contributed by atoms with Gasteiger partial charge in [0.15, 0.2) is 0 Å². The molecule has 1 aliphatic rings. The molecule has 14 heavy (non-hydrogen) atoms. The lowest BCUT2D eigenvalue weighted by molar-refractivity contribution is 1.07. The fourth-order valence-corrected chi connectivity index (χ4v) is 1.76. The molecule has 0 aromatic carbocycles. The molecule has 0 saturated carbocycles. The van der Waals surface area contributed by atoms with Crippen LogP contribution in [-0.2, 0) is 0 Å². The summed E-state index contributed by atoms with van der Waals surface area (Å²) in [5.41, 5.74) is 7.10. The van der Waals surface area contributed by atoms with Gasteiger partial charge in [0, 0.05) is 0 Å². The van der Waals surface area contributed by atoms with Crippen molar-refractivity contribution in [1.82, 2.24) is 0 Å². The molecule has 0 atom stereocenters. The fraction of sp³-hybridized carbons (Fsp3) is 0.429. The second-order valence-corrected chi connectivity index (χ2v) is 3.96. The first-order valence-corrected chi connectivity index (χ1v) is 5.30. The van der Waals surface area contributed by atoms with Gasteiger partial charge in [-0.15, -0.1) is 0 Å². The van der Waals surface area contributed by atoms with E-state index in [2.05, 4.69) is 52.8 Å². The third-order valence-electron chi connectivity index (χ3n) is 3.22. The summed E-state index contributed by atoms with van der Waals surface area (Å²) in [6, 6.07) is 0. The van der Waals surface area contributed by atoms with Crippen LogP contribution >= 0.6 is 0 Å². The van der Waals surface area contributed by atoms with E-state index in [-0.39, 0.29) is 0 Å². The van der Waals surface area contributed by atoms with Crippen molar-refractivity contribution >= 4 is 0 Å². The third kappa shape index (κ3) is 2.06. The largest absolute Gasteiger partial charge is 0.0617 e. The van der Waals surface area contributed by atoms with E-state index in [9.17, 15) is 0 Å². The fourth-order valence-electron chi connectivity index (χ4n) is 1.76. The van der Waals surface area contributed by atoms with E-state index in [0.29, 0.717) is 0 Å². The molecule has 0 unspecified atom stereocenters. The maximum Gasteiger partial charge on any atom is -0.0305 e. The predicted molar refractivity (Wildman–Crippen MR) is 64.3 cm³/mol. The Balaban J connectivity index is 3.28. The van der Waals surface area contributed by atoms with E-state index in [0.717, 1.165) is 6.42 Å². The van der Waals surface area contributed by atoms with Crippen molar-refractivity contribution < 1.29 is 0 Å². The number of hydrogen-bond acceptors (Lipinski definition) is 0. The Morgan fingerprint density at radius 3 is 2.14 bits per heavy atom. The molecule has 0 saturated heterocycles. The summed E-state index contributed by atoms with van der Waals surface area (Å²) < 4.78 is 0. The van der Waals surface area contributed by atoms with Gasteiger partial charge >= 0.3 is 0 Å². The maximum atomic E-state index is 2.23. The maximum absolute atomic E-state index is 2.23. The first-order chi connectivity index (χ1) is 6.57. The second-order valence-electron chi connectivity index (χ2n) is 3.96. The molecular formula is C14H20. The molecule has 76 valence electrons. The van der Waals surface area contributed by atoms with Crippen LogP contribution in [0.2, 0.25) is 0 Å². The van der Waals surface area contributed by atoms with E-state index >= 15 is 0 Å². The number of allylic oxidation sites excluding steroid dienone is 8. The molecule has 0 amide bonds. The molecule has 0 nitrogen and oxygen atoms in total. The first-order valence-electron chi connectivity index (χ1n) is 5.30. The summed E-state index contributed by atoms with van der Waals surface area (Å²) in [5, 5.41) is 0. The Kier molecular flexibility index (Phi) is 3.51. The molecule has 1 rings (SSSR count). The average molecular weight is 188 g/mol. The molecule has 1 aliphatic carbocycles. The van der Waals surface area contributed by atoms with E-state index in [1.165, 1.54) is 27.9 Å². The monoisotopic (exact) mass is 188 g/mol. The lowest BCUT2D eigenvalue weighted by Crippen LogP contribution is -1.94. The summed E-state index contributed by atoms with van der Waals surface area (Å²) in [6.45, 7) is 11.0. The minimum Gasteiger partial charge on any atom is -0.0617 e. The van der Waals surface area contributed by atoms with Gasteiger partial charge in [0.1, 0.15) is 0 Å². The molecule has 0 radical (unpaired) electrons. The normalized spacial score (nSPS) is 34.5. The van der Waals surface area contributed by atoms with Gasteiger partial charge in [-0.05, 0) is 62.0 Å². The topological polar surface area (TPSA) is 0 Å². The van der Waals surface area contributed by atoms with Crippen molar-refractivity contribution in [2.45, 2.75) is 41.0 Å². The van der Waals surface area contributed by atoms with E-state index in [1.54, 1.807) is 0 Å². The highest BCUT2D eigenvalue weighted by molar-refractivity contribution is 5.48. The predicted octanol–water partition coefficient (Wildman–Crippen LogP) is 4.57. The van der Waals surface area contributed by atoms with Gasteiger partial charge in [-0.2, -0.15) is 0 Å². The molecular weight excluding hydrogens is 168 g/mol. The Morgan fingerprint density at radius 2 is 1.57 bits per heavy atom. The first kappa shape index (κ1) is 11.0. The zero-order valence-electron chi connectivity index (χ0n) is 9.94. The van der Waals surface area contributed by atoms with Gasteiger partial charge in [0.05, 0.1) is 0 Å². The molecule has 0 aromatic heterocycles. The summed E-state index contributed by atoms with van der Waals surface area (Å²) >= 11 is 0. The lowest BCUT2D eigenvalue weighted by Gasteiger charge is -2.14. The standard InChI is InChI=1S/C14H20/c1-6-14-9-7-8-10(2)11(3)12(4)13(14)5/h7-9H,6H2,1-5H3/b8-7-,9-7?,10-8?,11-10-,12-11?,13-12-,14-9-,14-13?. The summed E-state index contributed by atoms with van der Waals surface area (Å²) in [7, 11) is 0. The zero-order chi connectivity index (χ0) is 10.7. The van der Waals surface area contributed by atoms with Crippen LogP contribution in [-0.4, -0.2) is 0 Å². The van der Waals surface area contributed by atoms with Gasteiger partial charge < -0.3 is 0 Å². The van der Waals surface area contributed by atoms with Crippen molar-refractivity contribution in [3.8, 4) is 0 Å². The lowest BCUT2D eigenvalue weighted by atomic mass is 9.92. The minimum absolute atomic E-state index is 1.11. The SMILES string of the molecule is CCC1=C/C=C\C(C)=C(C)/C(C)=C\1C. The van der Waals surface area contributed by atoms with Crippen molar-refractivity contribution in [3.05, 3.63) is 46.1 Å². The average Bonchev–Trinajstić information content (AvgIpc) is 2.20. The van der Waals surface area contributed by atoms with Gasteiger partial charge in [-0.1, -0.05) is 25.2 Å². The van der Waals surface area contributed by atoms with E-state index in [1.807, 2.05) is 0 Å². The van der Waals surface area contributed by atoms with Gasteiger partial charge in [0.2, 0.25) is 0 Å². The van der Waals surface area contributed by atoms with Crippen LogP contribution in [0.15, 0.2) is 46.1 Å². The molecule has 0 heteroatoms. The Hall–Kier alpha value is -1.04. The molecule has 0 bridgehead atoms. The van der Waals surface area contributed by atoms with Crippen LogP contribution in [0.5, 0.6) is 0 Å². The molecule has 0 aromatic rings. The molecule has 0 N–H and O–H groups in total.